The number of halogens is 1. The van der Waals surface area contributed by atoms with E-state index < -0.39 is 5.91 Å². The van der Waals surface area contributed by atoms with Crippen LogP contribution in [0.1, 0.15) is 21.9 Å². The van der Waals surface area contributed by atoms with Gasteiger partial charge in [0, 0.05) is 24.3 Å². The van der Waals surface area contributed by atoms with Crippen LogP contribution in [0.25, 0.3) is 10.9 Å². The molecular formula is C15H10ClN5O. The van der Waals surface area contributed by atoms with E-state index in [0.29, 0.717) is 11.6 Å². The Morgan fingerprint density at radius 2 is 2.23 bits per heavy atom. The molecule has 0 saturated carbocycles. The van der Waals surface area contributed by atoms with Crippen molar-refractivity contribution in [2.75, 3.05) is 0 Å². The van der Waals surface area contributed by atoms with Crippen molar-refractivity contribution in [2.24, 2.45) is 5.73 Å². The van der Waals surface area contributed by atoms with Crippen molar-refractivity contribution in [3.63, 3.8) is 0 Å². The third-order valence-corrected chi connectivity index (χ3v) is 3.40. The molecule has 3 aromatic rings. The summed E-state index contributed by atoms with van der Waals surface area (Å²) in [6.45, 7) is 0.394. The number of carbonyl (C=O) groups excluding carboxylic acids is 1. The van der Waals surface area contributed by atoms with E-state index in [4.69, 9.17) is 22.6 Å². The Balaban J connectivity index is 1.99. The van der Waals surface area contributed by atoms with Gasteiger partial charge in [0.15, 0.2) is 0 Å². The number of nitrogens with zero attached hydrogens (tertiary/aromatic N) is 4. The third-order valence-electron chi connectivity index (χ3n) is 3.19. The van der Waals surface area contributed by atoms with Crippen LogP contribution in [0.2, 0.25) is 5.02 Å². The Kier molecular flexibility index (Phi) is 3.49. The van der Waals surface area contributed by atoms with E-state index >= 15 is 0 Å². The smallest absolute Gasteiger partial charge is 0.268 e. The van der Waals surface area contributed by atoms with Gasteiger partial charge >= 0.3 is 0 Å². The van der Waals surface area contributed by atoms with Crippen LogP contribution in [0.15, 0.2) is 36.7 Å². The lowest BCUT2D eigenvalue weighted by molar-refractivity contribution is 0.0996. The first-order valence-electron chi connectivity index (χ1n) is 6.38. The average molecular weight is 312 g/mol. The summed E-state index contributed by atoms with van der Waals surface area (Å²) in [6, 6.07) is 9.47. The van der Waals surface area contributed by atoms with Crippen LogP contribution in [-0.2, 0) is 6.54 Å². The Morgan fingerprint density at radius 3 is 2.95 bits per heavy atom. The zero-order chi connectivity index (χ0) is 15.7. The van der Waals surface area contributed by atoms with Gasteiger partial charge in [-0.2, -0.15) is 5.26 Å². The molecule has 0 fully saturated rings. The summed E-state index contributed by atoms with van der Waals surface area (Å²) >= 11 is 5.94. The standard InChI is InChI=1S/C15H10ClN5O/c16-11-4-10-3-9(1-2-12(10)19-6-11)7-21-8-13(15(18)22)20-14(21)5-17/h1-4,6,8H,7H2,(H2,18,22). The summed E-state index contributed by atoms with van der Waals surface area (Å²) in [5.41, 5.74) is 7.02. The van der Waals surface area contributed by atoms with Crippen LogP contribution in [0.4, 0.5) is 0 Å². The predicted octanol–water partition coefficient (Wildman–Crippen LogP) is 2.10. The first kappa shape index (κ1) is 14.0. The first-order valence-corrected chi connectivity index (χ1v) is 6.76. The highest BCUT2D eigenvalue weighted by atomic mass is 35.5. The Morgan fingerprint density at radius 1 is 1.41 bits per heavy atom. The second-order valence-electron chi connectivity index (χ2n) is 4.73. The van der Waals surface area contributed by atoms with E-state index in [2.05, 4.69) is 9.97 Å². The second-order valence-corrected chi connectivity index (χ2v) is 5.17. The van der Waals surface area contributed by atoms with Crippen molar-refractivity contribution in [1.82, 2.24) is 14.5 Å². The molecule has 0 bridgehead atoms. The number of aromatic nitrogens is 3. The van der Waals surface area contributed by atoms with Gasteiger partial charge in [-0.15, -0.1) is 0 Å². The van der Waals surface area contributed by atoms with E-state index in [-0.39, 0.29) is 11.5 Å². The lowest BCUT2D eigenvalue weighted by atomic mass is 10.1. The molecule has 0 spiro atoms. The van der Waals surface area contributed by atoms with Gasteiger partial charge in [0.25, 0.3) is 5.91 Å². The number of primary amides is 1. The fourth-order valence-electron chi connectivity index (χ4n) is 2.19. The van der Waals surface area contributed by atoms with Crippen molar-refractivity contribution in [3.05, 3.63) is 58.8 Å². The van der Waals surface area contributed by atoms with E-state index in [9.17, 15) is 4.79 Å². The minimum Gasteiger partial charge on any atom is -0.364 e. The molecule has 0 aliphatic heterocycles. The van der Waals surface area contributed by atoms with Crippen LogP contribution >= 0.6 is 11.6 Å². The average Bonchev–Trinajstić information content (AvgIpc) is 2.90. The highest BCUT2D eigenvalue weighted by Crippen LogP contribution is 2.19. The predicted molar refractivity (Wildman–Crippen MR) is 81.3 cm³/mol. The van der Waals surface area contributed by atoms with Crippen molar-refractivity contribution >= 4 is 28.4 Å². The maximum absolute atomic E-state index is 11.2. The molecule has 2 heterocycles. The first-order chi connectivity index (χ1) is 10.6. The van der Waals surface area contributed by atoms with Crippen molar-refractivity contribution in [1.29, 1.82) is 5.26 Å². The zero-order valence-corrected chi connectivity index (χ0v) is 12.1. The number of amides is 1. The van der Waals surface area contributed by atoms with Gasteiger partial charge in [0.2, 0.25) is 5.82 Å². The maximum Gasteiger partial charge on any atom is 0.268 e. The fraction of sp³-hybridized carbons (Fsp3) is 0.0667. The molecule has 0 unspecified atom stereocenters. The molecule has 108 valence electrons. The maximum atomic E-state index is 11.2. The lowest BCUT2D eigenvalue weighted by Gasteiger charge is -2.05. The third kappa shape index (κ3) is 2.62. The highest BCUT2D eigenvalue weighted by molar-refractivity contribution is 6.31. The number of hydrogen-bond acceptors (Lipinski definition) is 4. The van der Waals surface area contributed by atoms with Gasteiger partial charge in [-0.05, 0) is 23.8 Å². The van der Waals surface area contributed by atoms with Gasteiger partial charge in [0.05, 0.1) is 10.5 Å². The summed E-state index contributed by atoms with van der Waals surface area (Å²) < 4.78 is 1.58. The van der Waals surface area contributed by atoms with Crippen LogP contribution in [0, 0.1) is 11.3 Å². The van der Waals surface area contributed by atoms with Crippen LogP contribution < -0.4 is 5.73 Å². The Bertz CT molecular complexity index is 925. The number of carbonyl (C=O) groups is 1. The Labute approximate surface area is 130 Å². The second kappa shape index (κ2) is 5.47. The number of hydrogen-bond donors (Lipinski definition) is 1. The van der Waals surface area contributed by atoms with Gasteiger partial charge in [-0.3, -0.25) is 9.78 Å². The molecular weight excluding hydrogens is 302 g/mol. The van der Waals surface area contributed by atoms with Crippen LogP contribution in [0.3, 0.4) is 0 Å². The number of nitriles is 1. The normalized spacial score (nSPS) is 10.5. The molecule has 1 amide bonds. The van der Waals surface area contributed by atoms with Crippen LogP contribution in [0.5, 0.6) is 0 Å². The monoisotopic (exact) mass is 311 g/mol. The molecule has 2 aromatic heterocycles. The number of fused-ring (bicyclic) bond motifs is 1. The summed E-state index contributed by atoms with van der Waals surface area (Å²) in [6.07, 6.45) is 3.06. The number of pyridine rings is 1. The largest absolute Gasteiger partial charge is 0.364 e. The molecule has 1 aromatic carbocycles. The van der Waals surface area contributed by atoms with Crippen molar-refractivity contribution < 1.29 is 4.79 Å². The summed E-state index contributed by atoms with van der Waals surface area (Å²) in [7, 11) is 0. The Hall–Kier alpha value is -2.91. The molecule has 2 N–H and O–H groups in total. The minimum atomic E-state index is -0.662. The molecule has 0 saturated heterocycles. The number of nitrogens with two attached hydrogens (primary N) is 1. The molecule has 0 aliphatic carbocycles. The molecule has 3 rings (SSSR count). The van der Waals surface area contributed by atoms with Crippen molar-refractivity contribution in [3.8, 4) is 6.07 Å². The van der Waals surface area contributed by atoms with Crippen molar-refractivity contribution in [2.45, 2.75) is 6.54 Å². The molecule has 22 heavy (non-hydrogen) atoms. The van der Waals surface area contributed by atoms with Crippen LogP contribution in [-0.4, -0.2) is 20.4 Å². The summed E-state index contributed by atoms with van der Waals surface area (Å²) in [5, 5.41) is 10.5. The lowest BCUT2D eigenvalue weighted by Crippen LogP contribution is -2.11. The fourth-order valence-corrected chi connectivity index (χ4v) is 2.36. The molecule has 6 nitrogen and oxygen atoms in total. The number of imidazole rings is 1. The van der Waals surface area contributed by atoms with E-state index in [1.807, 2.05) is 30.3 Å². The number of rotatable bonds is 3. The van der Waals surface area contributed by atoms with E-state index in [1.165, 1.54) is 6.20 Å². The molecule has 0 aliphatic rings. The van der Waals surface area contributed by atoms with Gasteiger partial charge < -0.3 is 10.3 Å². The molecule has 0 radical (unpaired) electrons. The molecule has 7 heteroatoms. The quantitative estimate of drug-likeness (QED) is 0.800. The van der Waals surface area contributed by atoms with E-state index in [1.54, 1.807) is 10.8 Å². The molecule has 0 atom stereocenters. The van der Waals surface area contributed by atoms with E-state index in [0.717, 1.165) is 16.5 Å². The van der Waals surface area contributed by atoms with Gasteiger partial charge in [-0.1, -0.05) is 17.7 Å². The number of benzene rings is 1. The van der Waals surface area contributed by atoms with Gasteiger partial charge in [-0.25, -0.2) is 4.98 Å². The SMILES string of the molecule is N#Cc1nc(C(N)=O)cn1Cc1ccc2ncc(Cl)cc2c1. The zero-order valence-electron chi connectivity index (χ0n) is 11.3. The topological polar surface area (TPSA) is 97.6 Å². The minimum absolute atomic E-state index is 0.0713. The van der Waals surface area contributed by atoms with Gasteiger partial charge in [0.1, 0.15) is 11.8 Å². The highest BCUT2D eigenvalue weighted by Gasteiger charge is 2.12. The summed E-state index contributed by atoms with van der Waals surface area (Å²) in [4.78, 5) is 19.3. The summed E-state index contributed by atoms with van der Waals surface area (Å²) in [5.74, 6) is -0.525.